The summed E-state index contributed by atoms with van der Waals surface area (Å²) >= 11 is 4.02. The highest BCUT2D eigenvalue weighted by atomic mass is 32.1. The van der Waals surface area contributed by atoms with Crippen LogP contribution in [-0.4, -0.2) is 27.9 Å². The maximum Gasteiger partial charge on any atom is 0.0441 e. The van der Waals surface area contributed by atoms with Crippen molar-refractivity contribution in [3.05, 3.63) is 0 Å². The predicted molar refractivity (Wildman–Crippen MR) is 37.4 cm³/mol. The van der Waals surface area contributed by atoms with Crippen LogP contribution in [-0.2, 0) is 0 Å². The minimum absolute atomic E-state index is 0. The Morgan fingerprint density at radius 3 is 1.88 bits per heavy atom. The molecule has 1 unspecified atom stereocenters. The lowest BCUT2D eigenvalue weighted by Crippen LogP contribution is -1.93. The van der Waals surface area contributed by atoms with E-state index in [1.165, 1.54) is 0 Å². The summed E-state index contributed by atoms with van der Waals surface area (Å²) in [5.41, 5.74) is 0. The molecule has 1 atom stereocenters. The molecule has 0 aromatic carbocycles. The van der Waals surface area contributed by atoms with Crippen LogP contribution in [0.25, 0.3) is 0 Å². The van der Waals surface area contributed by atoms with Crippen LogP contribution in [0.4, 0.5) is 0 Å². The van der Waals surface area contributed by atoms with Crippen molar-refractivity contribution in [2.45, 2.75) is 18.6 Å². The van der Waals surface area contributed by atoms with E-state index < -0.39 is 0 Å². The molecule has 0 spiro atoms. The molecule has 0 aromatic rings. The van der Waals surface area contributed by atoms with Gasteiger partial charge in [-0.1, -0.05) is 6.92 Å². The summed E-state index contributed by atoms with van der Waals surface area (Å²) < 4.78 is 0. The van der Waals surface area contributed by atoms with Crippen molar-refractivity contribution in [2.75, 3.05) is 6.61 Å². The Morgan fingerprint density at radius 1 is 1.50 bits per heavy atom. The van der Waals surface area contributed by atoms with Crippen LogP contribution in [0.15, 0.2) is 0 Å². The quantitative estimate of drug-likeness (QED) is 0.478. The Labute approximate surface area is 54.7 Å². The van der Waals surface area contributed by atoms with Gasteiger partial charge in [-0.15, -0.1) is 0 Å². The van der Waals surface area contributed by atoms with Crippen LogP contribution in [0.5, 0.6) is 0 Å². The standard InChI is InChI=1S/C4H10OS.2H2O/c1-4(6)2-3-5;;/h4-6H,2-3H2,1H3;2*1H2. The fraction of sp³-hybridized carbons (Fsp3) is 1.00. The molecular formula is C4H14O3S. The van der Waals surface area contributed by atoms with Gasteiger partial charge in [0, 0.05) is 11.9 Å². The van der Waals surface area contributed by atoms with Gasteiger partial charge in [0.25, 0.3) is 0 Å². The van der Waals surface area contributed by atoms with E-state index in [1.807, 2.05) is 6.92 Å². The Balaban J connectivity index is -0.000000125. The molecule has 5 N–H and O–H groups in total. The molecule has 0 aliphatic carbocycles. The maximum atomic E-state index is 8.19. The molecule has 4 heteroatoms. The molecule has 0 aliphatic rings. The van der Waals surface area contributed by atoms with Crippen molar-refractivity contribution in [1.82, 2.24) is 0 Å². The number of hydrogen-bond donors (Lipinski definition) is 2. The summed E-state index contributed by atoms with van der Waals surface area (Å²) in [6, 6.07) is 0. The molecule has 3 nitrogen and oxygen atoms in total. The largest absolute Gasteiger partial charge is 0.412 e. The van der Waals surface area contributed by atoms with Crippen molar-refractivity contribution >= 4 is 12.6 Å². The average Bonchev–Trinajstić information content (AvgIpc) is 1.35. The van der Waals surface area contributed by atoms with Crippen LogP contribution in [0.3, 0.4) is 0 Å². The topological polar surface area (TPSA) is 83.2 Å². The first-order chi connectivity index (χ1) is 2.77. The number of aliphatic hydroxyl groups excluding tert-OH is 1. The Hall–Kier alpha value is 0.230. The molecule has 0 radical (unpaired) electrons. The number of aliphatic hydroxyl groups is 1. The molecule has 0 aromatic heterocycles. The van der Waals surface area contributed by atoms with Crippen LogP contribution < -0.4 is 0 Å². The van der Waals surface area contributed by atoms with E-state index in [9.17, 15) is 0 Å². The van der Waals surface area contributed by atoms with Crippen LogP contribution in [0.2, 0.25) is 0 Å². The van der Waals surface area contributed by atoms with Crippen LogP contribution in [0.1, 0.15) is 13.3 Å². The third-order valence-corrected chi connectivity index (χ3v) is 0.805. The summed E-state index contributed by atoms with van der Waals surface area (Å²) in [6.45, 7) is 2.21. The van der Waals surface area contributed by atoms with Crippen LogP contribution in [0, 0.1) is 0 Å². The highest BCUT2D eigenvalue weighted by molar-refractivity contribution is 7.80. The third kappa shape index (κ3) is 16.3. The van der Waals surface area contributed by atoms with Crippen molar-refractivity contribution in [3.63, 3.8) is 0 Å². The van der Waals surface area contributed by atoms with Crippen molar-refractivity contribution in [1.29, 1.82) is 0 Å². The van der Waals surface area contributed by atoms with Gasteiger partial charge in [0.15, 0.2) is 0 Å². The minimum atomic E-state index is 0. The van der Waals surface area contributed by atoms with E-state index >= 15 is 0 Å². The molecule has 0 saturated carbocycles. The molecular weight excluding hydrogens is 128 g/mol. The summed E-state index contributed by atoms with van der Waals surface area (Å²) in [7, 11) is 0. The van der Waals surface area contributed by atoms with Gasteiger partial charge < -0.3 is 16.1 Å². The number of rotatable bonds is 2. The second-order valence-electron chi connectivity index (χ2n) is 1.36. The van der Waals surface area contributed by atoms with E-state index in [0.29, 0.717) is 5.25 Å². The molecule has 0 saturated heterocycles. The van der Waals surface area contributed by atoms with Crippen LogP contribution >= 0.6 is 12.6 Å². The molecule has 54 valence electrons. The Bertz CT molecular complexity index is 32.5. The first kappa shape index (κ1) is 15.7. The predicted octanol–water partition coefficient (Wildman–Crippen LogP) is -0.962. The highest BCUT2D eigenvalue weighted by Gasteiger charge is 1.87. The zero-order chi connectivity index (χ0) is 4.99. The van der Waals surface area contributed by atoms with E-state index in [2.05, 4.69) is 12.6 Å². The Kier molecular flexibility index (Phi) is 20.2. The second kappa shape index (κ2) is 10.3. The van der Waals surface area contributed by atoms with E-state index in [4.69, 9.17) is 5.11 Å². The zero-order valence-electron chi connectivity index (χ0n) is 4.89. The van der Waals surface area contributed by atoms with E-state index in [0.717, 1.165) is 6.42 Å². The Morgan fingerprint density at radius 2 is 1.88 bits per heavy atom. The van der Waals surface area contributed by atoms with Gasteiger partial charge in [-0.3, -0.25) is 0 Å². The molecule has 0 aliphatic heterocycles. The lowest BCUT2D eigenvalue weighted by Gasteiger charge is -1.94. The lowest BCUT2D eigenvalue weighted by molar-refractivity contribution is 0.289. The van der Waals surface area contributed by atoms with Gasteiger partial charge in [0.1, 0.15) is 0 Å². The lowest BCUT2D eigenvalue weighted by atomic mass is 10.4. The first-order valence-electron chi connectivity index (χ1n) is 2.06. The third-order valence-electron chi connectivity index (χ3n) is 0.547. The van der Waals surface area contributed by atoms with Gasteiger partial charge in [0.2, 0.25) is 0 Å². The molecule has 0 heterocycles. The smallest absolute Gasteiger partial charge is 0.0441 e. The monoisotopic (exact) mass is 142 g/mol. The highest BCUT2D eigenvalue weighted by Crippen LogP contribution is 1.95. The van der Waals surface area contributed by atoms with Gasteiger partial charge in [-0.2, -0.15) is 12.6 Å². The number of thiol groups is 1. The second-order valence-corrected chi connectivity index (χ2v) is 2.24. The normalized spacial score (nSPS) is 10.9. The van der Waals surface area contributed by atoms with Gasteiger partial charge in [-0.05, 0) is 6.42 Å². The van der Waals surface area contributed by atoms with Crippen molar-refractivity contribution in [3.8, 4) is 0 Å². The zero-order valence-corrected chi connectivity index (χ0v) is 5.78. The minimum Gasteiger partial charge on any atom is -0.412 e. The summed E-state index contributed by atoms with van der Waals surface area (Å²) in [5, 5.41) is 8.53. The van der Waals surface area contributed by atoms with Gasteiger partial charge in [0.05, 0.1) is 0 Å². The maximum absolute atomic E-state index is 8.19. The van der Waals surface area contributed by atoms with Crippen molar-refractivity contribution in [2.24, 2.45) is 0 Å². The fourth-order valence-corrected chi connectivity index (χ4v) is 0.302. The summed E-state index contributed by atoms with van der Waals surface area (Å²) in [6.07, 6.45) is 0.795. The summed E-state index contributed by atoms with van der Waals surface area (Å²) in [5.74, 6) is 0. The molecule has 8 heavy (non-hydrogen) atoms. The molecule has 0 fully saturated rings. The fourth-order valence-electron chi connectivity index (χ4n) is 0.187. The van der Waals surface area contributed by atoms with E-state index in [-0.39, 0.29) is 17.6 Å². The number of hydrogen-bond acceptors (Lipinski definition) is 2. The molecule has 0 rings (SSSR count). The van der Waals surface area contributed by atoms with E-state index in [1.54, 1.807) is 0 Å². The summed E-state index contributed by atoms with van der Waals surface area (Å²) in [4.78, 5) is 0. The van der Waals surface area contributed by atoms with Crippen molar-refractivity contribution < 1.29 is 16.1 Å². The van der Waals surface area contributed by atoms with Gasteiger partial charge in [-0.25, -0.2) is 0 Å². The average molecular weight is 142 g/mol. The first-order valence-corrected chi connectivity index (χ1v) is 2.58. The van der Waals surface area contributed by atoms with Gasteiger partial charge >= 0.3 is 0 Å². The molecule has 0 amide bonds. The SMILES string of the molecule is CC(S)CCO.O.O. The molecule has 0 bridgehead atoms.